The van der Waals surface area contributed by atoms with Crippen LogP contribution in [0.5, 0.6) is 0 Å². The highest BCUT2D eigenvalue weighted by atomic mass is 16.5. The molecule has 0 bridgehead atoms. The summed E-state index contributed by atoms with van der Waals surface area (Å²) >= 11 is 0. The van der Waals surface area contributed by atoms with Crippen LogP contribution in [0, 0.1) is 0 Å². The van der Waals surface area contributed by atoms with Crippen LogP contribution >= 0.6 is 0 Å². The van der Waals surface area contributed by atoms with E-state index in [9.17, 15) is 9.59 Å². The van der Waals surface area contributed by atoms with Crippen LogP contribution in [0.1, 0.15) is 38.5 Å². The number of carbonyl (C=O) groups excluding carboxylic acids is 2. The van der Waals surface area contributed by atoms with Gasteiger partial charge in [-0.2, -0.15) is 0 Å². The van der Waals surface area contributed by atoms with Crippen molar-refractivity contribution in [1.82, 2.24) is 0 Å². The molecule has 2 rings (SSSR count). The Hall–Kier alpha value is -1.38. The molecule has 2 aliphatic carbocycles. The van der Waals surface area contributed by atoms with Gasteiger partial charge in [0.05, 0.1) is 7.11 Å². The Morgan fingerprint density at radius 3 is 2.50 bits per heavy atom. The van der Waals surface area contributed by atoms with Crippen LogP contribution in [0.2, 0.25) is 0 Å². The predicted octanol–water partition coefficient (Wildman–Crippen LogP) is 2.32. The summed E-state index contributed by atoms with van der Waals surface area (Å²) in [6, 6.07) is 0. The minimum absolute atomic E-state index is 0.0791. The van der Waals surface area contributed by atoms with E-state index in [1.807, 2.05) is 6.08 Å². The zero-order valence-electron chi connectivity index (χ0n) is 9.54. The van der Waals surface area contributed by atoms with Crippen LogP contribution in [0.3, 0.4) is 0 Å². The van der Waals surface area contributed by atoms with Crippen molar-refractivity contribution in [1.29, 1.82) is 0 Å². The number of esters is 1. The molecule has 86 valence electrons. The van der Waals surface area contributed by atoms with Crippen molar-refractivity contribution in [2.45, 2.75) is 38.5 Å². The Bertz CT molecular complexity index is 388. The average molecular weight is 220 g/mol. The second-order valence-electron chi connectivity index (χ2n) is 4.25. The van der Waals surface area contributed by atoms with Crippen molar-refractivity contribution >= 4 is 11.8 Å². The zero-order valence-corrected chi connectivity index (χ0v) is 9.54. The standard InChI is InChI=1S/C13H16O3/c1-16-13(15)11-8-4-7-10(11)12(14)9-5-2-3-6-9/h5H,2-4,6-8H2,1H3. The summed E-state index contributed by atoms with van der Waals surface area (Å²) in [4.78, 5) is 23.6. The summed E-state index contributed by atoms with van der Waals surface area (Å²) in [7, 11) is 1.37. The van der Waals surface area contributed by atoms with Gasteiger partial charge in [-0.3, -0.25) is 4.79 Å². The van der Waals surface area contributed by atoms with E-state index in [-0.39, 0.29) is 11.8 Å². The van der Waals surface area contributed by atoms with Crippen LogP contribution in [0.4, 0.5) is 0 Å². The van der Waals surface area contributed by atoms with E-state index in [1.165, 1.54) is 7.11 Å². The number of ether oxygens (including phenoxy) is 1. The number of methoxy groups -OCH3 is 1. The molecule has 0 aromatic heterocycles. The molecule has 0 saturated carbocycles. The van der Waals surface area contributed by atoms with E-state index < -0.39 is 0 Å². The van der Waals surface area contributed by atoms with Crippen molar-refractivity contribution in [3.8, 4) is 0 Å². The molecule has 3 heteroatoms. The zero-order chi connectivity index (χ0) is 11.5. The highest BCUT2D eigenvalue weighted by molar-refractivity contribution is 6.13. The van der Waals surface area contributed by atoms with Crippen molar-refractivity contribution in [2.24, 2.45) is 0 Å². The summed E-state index contributed by atoms with van der Waals surface area (Å²) in [5, 5.41) is 0. The molecular formula is C13H16O3. The number of rotatable bonds is 3. The molecular weight excluding hydrogens is 204 g/mol. The van der Waals surface area contributed by atoms with E-state index in [4.69, 9.17) is 4.74 Å². The van der Waals surface area contributed by atoms with Crippen LogP contribution in [-0.4, -0.2) is 18.9 Å². The number of hydrogen-bond acceptors (Lipinski definition) is 3. The molecule has 0 saturated heterocycles. The lowest BCUT2D eigenvalue weighted by Gasteiger charge is -2.05. The summed E-state index contributed by atoms with van der Waals surface area (Å²) in [5.74, 6) is -0.255. The van der Waals surface area contributed by atoms with Gasteiger partial charge in [-0.05, 0) is 44.1 Å². The third-order valence-electron chi connectivity index (χ3n) is 3.26. The van der Waals surface area contributed by atoms with Gasteiger partial charge in [0, 0.05) is 11.1 Å². The topological polar surface area (TPSA) is 43.4 Å². The molecule has 0 radical (unpaired) electrons. The smallest absolute Gasteiger partial charge is 0.334 e. The fourth-order valence-electron chi connectivity index (χ4n) is 2.41. The van der Waals surface area contributed by atoms with Gasteiger partial charge >= 0.3 is 5.97 Å². The Labute approximate surface area is 95.2 Å². The summed E-state index contributed by atoms with van der Waals surface area (Å²) < 4.78 is 4.71. The minimum Gasteiger partial charge on any atom is -0.466 e. The van der Waals surface area contributed by atoms with E-state index in [1.54, 1.807) is 0 Å². The summed E-state index contributed by atoms with van der Waals surface area (Å²) in [6.07, 6.45) is 7.20. The second kappa shape index (κ2) is 4.64. The number of allylic oxidation sites excluding steroid dienone is 3. The average Bonchev–Trinajstić information content (AvgIpc) is 2.97. The first-order valence-corrected chi connectivity index (χ1v) is 5.78. The molecule has 2 aliphatic rings. The highest BCUT2D eigenvalue weighted by Crippen LogP contribution is 2.31. The number of carbonyl (C=O) groups is 2. The van der Waals surface area contributed by atoms with Gasteiger partial charge in [0.25, 0.3) is 0 Å². The van der Waals surface area contributed by atoms with E-state index >= 15 is 0 Å². The number of ketones is 1. The Balaban J connectivity index is 2.24. The molecule has 0 aromatic rings. The second-order valence-corrected chi connectivity index (χ2v) is 4.25. The third kappa shape index (κ3) is 1.94. The maximum Gasteiger partial charge on any atom is 0.334 e. The molecule has 0 spiro atoms. The lowest BCUT2D eigenvalue weighted by Crippen LogP contribution is -2.10. The third-order valence-corrected chi connectivity index (χ3v) is 3.26. The molecule has 0 unspecified atom stereocenters. The van der Waals surface area contributed by atoms with Crippen LogP contribution < -0.4 is 0 Å². The molecule has 0 fully saturated rings. The summed E-state index contributed by atoms with van der Waals surface area (Å²) in [5.41, 5.74) is 2.18. The van der Waals surface area contributed by atoms with Gasteiger partial charge < -0.3 is 4.74 Å². The van der Waals surface area contributed by atoms with Crippen molar-refractivity contribution in [2.75, 3.05) is 7.11 Å². The first kappa shape index (κ1) is 11.1. The lowest BCUT2D eigenvalue weighted by atomic mass is 10.00. The van der Waals surface area contributed by atoms with E-state index in [0.717, 1.165) is 37.7 Å². The quantitative estimate of drug-likeness (QED) is 0.685. The van der Waals surface area contributed by atoms with Gasteiger partial charge in [-0.15, -0.1) is 0 Å². The van der Waals surface area contributed by atoms with Crippen molar-refractivity contribution in [3.05, 3.63) is 22.8 Å². The van der Waals surface area contributed by atoms with Gasteiger partial charge in [-0.1, -0.05) is 6.08 Å². The molecule has 16 heavy (non-hydrogen) atoms. The maximum atomic E-state index is 12.1. The van der Waals surface area contributed by atoms with Gasteiger partial charge in [0.1, 0.15) is 0 Å². The van der Waals surface area contributed by atoms with Crippen LogP contribution in [0.15, 0.2) is 22.8 Å². The SMILES string of the molecule is COC(=O)C1=C(C(=O)C2=CCCC2)CCC1. The lowest BCUT2D eigenvalue weighted by molar-refractivity contribution is -0.136. The molecule has 0 aromatic carbocycles. The molecule has 0 aliphatic heterocycles. The van der Waals surface area contributed by atoms with Gasteiger partial charge in [0.15, 0.2) is 5.78 Å². The minimum atomic E-state index is -0.334. The molecule has 3 nitrogen and oxygen atoms in total. The van der Waals surface area contributed by atoms with Crippen molar-refractivity contribution < 1.29 is 14.3 Å². The molecule has 0 amide bonds. The highest BCUT2D eigenvalue weighted by Gasteiger charge is 2.28. The molecule has 0 heterocycles. The normalized spacial score (nSPS) is 19.9. The predicted molar refractivity (Wildman–Crippen MR) is 59.8 cm³/mol. The maximum absolute atomic E-state index is 12.1. The fourth-order valence-corrected chi connectivity index (χ4v) is 2.41. The van der Waals surface area contributed by atoms with Gasteiger partial charge in [0.2, 0.25) is 0 Å². The molecule has 0 atom stereocenters. The Kier molecular flexibility index (Phi) is 3.22. The fraction of sp³-hybridized carbons (Fsp3) is 0.538. The largest absolute Gasteiger partial charge is 0.466 e. The number of Topliss-reactive ketones (excluding diaryl/α,β-unsaturated/α-hetero) is 1. The van der Waals surface area contributed by atoms with E-state index in [0.29, 0.717) is 17.6 Å². The first-order valence-electron chi connectivity index (χ1n) is 5.78. The van der Waals surface area contributed by atoms with Crippen molar-refractivity contribution in [3.63, 3.8) is 0 Å². The molecule has 0 N–H and O–H groups in total. The summed E-state index contributed by atoms with van der Waals surface area (Å²) in [6.45, 7) is 0. The Morgan fingerprint density at radius 2 is 1.88 bits per heavy atom. The van der Waals surface area contributed by atoms with Crippen LogP contribution in [0.25, 0.3) is 0 Å². The van der Waals surface area contributed by atoms with E-state index in [2.05, 4.69) is 0 Å². The monoisotopic (exact) mass is 220 g/mol. The number of hydrogen-bond donors (Lipinski definition) is 0. The first-order chi connectivity index (χ1) is 7.74. The Morgan fingerprint density at radius 1 is 1.12 bits per heavy atom. The van der Waals surface area contributed by atoms with Crippen LogP contribution in [-0.2, 0) is 14.3 Å². The van der Waals surface area contributed by atoms with Gasteiger partial charge in [-0.25, -0.2) is 4.79 Å².